The Morgan fingerprint density at radius 2 is 1.91 bits per heavy atom. The van der Waals surface area contributed by atoms with E-state index in [4.69, 9.17) is 0 Å². The van der Waals surface area contributed by atoms with Crippen molar-refractivity contribution in [2.45, 2.75) is 27.3 Å². The zero-order valence-electron chi connectivity index (χ0n) is 13.5. The molecule has 4 heteroatoms. The van der Waals surface area contributed by atoms with E-state index in [1.165, 1.54) is 0 Å². The summed E-state index contributed by atoms with van der Waals surface area (Å²) in [7, 11) is 0. The first-order valence-corrected chi connectivity index (χ1v) is 7.62. The monoisotopic (exact) mass is 308 g/mol. The average Bonchev–Trinajstić information content (AvgIpc) is 2.81. The van der Waals surface area contributed by atoms with Crippen molar-refractivity contribution in [2.24, 2.45) is 0 Å². The molecule has 0 radical (unpaired) electrons. The Morgan fingerprint density at radius 1 is 1.17 bits per heavy atom. The van der Waals surface area contributed by atoms with Crippen molar-refractivity contribution in [1.29, 1.82) is 0 Å². The Kier molecular flexibility index (Phi) is 3.82. The number of rotatable bonds is 3. The number of aromatic nitrogens is 1. The summed E-state index contributed by atoms with van der Waals surface area (Å²) in [6.45, 7) is 6.06. The fraction of sp³-hybridized carbons (Fsp3) is 0.211. The normalized spacial score (nSPS) is 10.9. The number of hydrogen-bond acceptors (Lipinski definition) is 2. The number of H-pyrrole nitrogens is 1. The molecule has 0 saturated heterocycles. The number of hydrogen-bond donors (Lipinski definition) is 3. The lowest BCUT2D eigenvalue weighted by Gasteiger charge is -2.11. The SMILES string of the molecule is Cc1cc(C)c(CNC(=O)c2c(C)[nH]c3ccccc23)c(O)c1. The summed E-state index contributed by atoms with van der Waals surface area (Å²) in [6, 6.07) is 11.5. The molecule has 3 aromatic rings. The molecule has 1 aromatic heterocycles. The van der Waals surface area contributed by atoms with Crippen LogP contribution in [0.2, 0.25) is 0 Å². The molecule has 118 valence electrons. The fourth-order valence-corrected chi connectivity index (χ4v) is 3.03. The van der Waals surface area contributed by atoms with Crippen LogP contribution in [0.15, 0.2) is 36.4 Å². The van der Waals surface area contributed by atoms with E-state index in [1.54, 1.807) is 6.07 Å². The molecule has 23 heavy (non-hydrogen) atoms. The van der Waals surface area contributed by atoms with E-state index in [-0.39, 0.29) is 11.7 Å². The van der Waals surface area contributed by atoms with Gasteiger partial charge < -0.3 is 15.4 Å². The molecule has 1 heterocycles. The van der Waals surface area contributed by atoms with Gasteiger partial charge in [0.25, 0.3) is 5.91 Å². The highest BCUT2D eigenvalue weighted by Gasteiger charge is 2.16. The predicted molar refractivity (Wildman–Crippen MR) is 91.8 cm³/mol. The Balaban J connectivity index is 1.86. The van der Waals surface area contributed by atoms with Gasteiger partial charge in [0, 0.05) is 28.7 Å². The molecule has 0 atom stereocenters. The predicted octanol–water partition coefficient (Wildman–Crippen LogP) is 3.73. The number of para-hydroxylation sites is 1. The van der Waals surface area contributed by atoms with Gasteiger partial charge in [-0.3, -0.25) is 4.79 Å². The summed E-state index contributed by atoms with van der Waals surface area (Å²) in [5.74, 6) is 0.0813. The lowest BCUT2D eigenvalue weighted by molar-refractivity contribution is 0.0952. The van der Waals surface area contributed by atoms with E-state index >= 15 is 0 Å². The van der Waals surface area contributed by atoms with Crippen molar-refractivity contribution in [3.8, 4) is 5.75 Å². The number of aromatic hydroxyl groups is 1. The minimum atomic E-state index is -0.140. The summed E-state index contributed by atoms with van der Waals surface area (Å²) >= 11 is 0. The lowest BCUT2D eigenvalue weighted by Crippen LogP contribution is -2.23. The number of benzene rings is 2. The van der Waals surface area contributed by atoms with Crippen LogP contribution in [-0.4, -0.2) is 16.0 Å². The van der Waals surface area contributed by atoms with Crippen LogP contribution in [0.5, 0.6) is 5.75 Å². The molecule has 0 fully saturated rings. The van der Waals surface area contributed by atoms with Crippen molar-refractivity contribution in [3.63, 3.8) is 0 Å². The third-order valence-electron chi connectivity index (χ3n) is 4.14. The molecule has 0 unspecified atom stereocenters. The molecule has 1 amide bonds. The molecule has 2 aromatic carbocycles. The van der Waals surface area contributed by atoms with Gasteiger partial charge in [-0.2, -0.15) is 0 Å². The Labute approximate surface area is 135 Å². The van der Waals surface area contributed by atoms with Gasteiger partial charge in [0.15, 0.2) is 0 Å². The maximum absolute atomic E-state index is 12.6. The number of fused-ring (bicyclic) bond motifs is 1. The van der Waals surface area contributed by atoms with Crippen molar-refractivity contribution < 1.29 is 9.90 Å². The highest BCUT2D eigenvalue weighted by atomic mass is 16.3. The van der Waals surface area contributed by atoms with Crippen molar-refractivity contribution in [2.75, 3.05) is 0 Å². The van der Waals surface area contributed by atoms with E-state index < -0.39 is 0 Å². The fourth-order valence-electron chi connectivity index (χ4n) is 3.03. The molecule has 0 aliphatic heterocycles. The third-order valence-corrected chi connectivity index (χ3v) is 4.14. The zero-order valence-corrected chi connectivity index (χ0v) is 13.5. The number of carbonyl (C=O) groups excluding carboxylic acids is 1. The second-order valence-electron chi connectivity index (χ2n) is 5.93. The quantitative estimate of drug-likeness (QED) is 0.690. The summed E-state index contributed by atoms with van der Waals surface area (Å²) in [6.07, 6.45) is 0. The highest BCUT2D eigenvalue weighted by Crippen LogP contribution is 2.24. The van der Waals surface area contributed by atoms with Crippen LogP contribution in [0.3, 0.4) is 0 Å². The minimum Gasteiger partial charge on any atom is -0.508 e. The summed E-state index contributed by atoms with van der Waals surface area (Å²) in [5, 5.41) is 13.9. The number of aryl methyl sites for hydroxylation is 3. The number of amides is 1. The third kappa shape index (κ3) is 2.80. The second-order valence-corrected chi connectivity index (χ2v) is 5.93. The van der Waals surface area contributed by atoms with Gasteiger partial charge in [-0.25, -0.2) is 0 Å². The maximum Gasteiger partial charge on any atom is 0.253 e. The van der Waals surface area contributed by atoms with Crippen molar-refractivity contribution >= 4 is 16.8 Å². The van der Waals surface area contributed by atoms with Crippen LogP contribution in [0.4, 0.5) is 0 Å². The Hall–Kier alpha value is -2.75. The minimum absolute atomic E-state index is 0.140. The van der Waals surface area contributed by atoms with Gasteiger partial charge >= 0.3 is 0 Å². The van der Waals surface area contributed by atoms with Crippen LogP contribution in [0.25, 0.3) is 10.9 Å². The molecule has 4 nitrogen and oxygen atoms in total. The molecular weight excluding hydrogens is 288 g/mol. The van der Waals surface area contributed by atoms with Crippen LogP contribution >= 0.6 is 0 Å². The highest BCUT2D eigenvalue weighted by molar-refractivity contribution is 6.08. The summed E-state index contributed by atoms with van der Waals surface area (Å²) in [4.78, 5) is 15.8. The molecule has 0 aliphatic carbocycles. The first-order chi connectivity index (χ1) is 11.0. The molecule has 0 aliphatic rings. The van der Waals surface area contributed by atoms with Crippen LogP contribution in [-0.2, 0) is 6.54 Å². The molecule has 0 saturated carbocycles. The average molecular weight is 308 g/mol. The van der Waals surface area contributed by atoms with E-state index in [1.807, 2.05) is 51.1 Å². The van der Waals surface area contributed by atoms with Gasteiger partial charge in [0.2, 0.25) is 0 Å². The molecule has 0 bridgehead atoms. The first-order valence-electron chi connectivity index (χ1n) is 7.62. The number of phenolic OH excluding ortho intramolecular Hbond substituents is 1. The number of carbonyl (C=O) groups is 1. The molecule has 3 rings (SSSR count). The van der Waals surface area contributed by atoms with Gasteiger partial charge in [0.1, 0.15) is 5.75 Å². The standard InChI is InChI=1S/C19H20N2O2/c1-11-8-12(2)15(17(22)9-11)10-20-19(23)18-13(3)21-16-7-5-4-6-14(16)18/h4-9,21-22H,10H2,1-3H3,(H,20,23). The van der Waals surface area contributed by atoms with Gasteiger partial charge in [-0.1, -0.05) is 24.3 Å². The zero-order chi connectivity index (χ0) is 16.6. The topological polar surface area (TPSA) is 65.1 Å². The van der Waals surface area contributed by atoms with Gasteiger partial charge in [0.05, 0.1) is 5.56 Å². The van der Waals surface area contributed by atoms with E-state index in [0.717, 1.165) is 33.3 Å². The second kappa shape index (κ2) is 5.80. The van der Waals surface area contributed by atoms with Crippen LogP contribution < -0.4 is 5.32 Å². The van der Waals surface area contributed by atoms with Crippen molar-refractivity contribution in [1.82, 2.24) is 10.3 Å². The summed E-state index contributed by atoms with van der Waals surface area (Å²) in [5.41, 5.74) is 5.17. The molecular formula is C19H20N2O2. The smallest absolute Gasteiger partial charge is 0.253 e. The number of aromatic amines is 1. The molecule has 3 N–H and O–H groups in total. The van der Waals surface area contributed by atoms with E-state index in [2.05, 4.69) is 10.3 Å². The van der Waals surface area contributed by atoms with Gasteiger partial charge in [-0.15, -0.1) is 0 Å². The first kappa shape index (κ1) is 15.2. The Morgan fingerprint density at radius 3 is 2.65 bits per heavy atom. The molecule has 0 spiro atoms. The Bertz CT molecular complexity index is 871. The summed E-state index contributed by atoms with van der Waals surface area (Å²) < 4.78 is 0. The number of nitrogens with one attached hydrogen (secondary N) is 2. The van der Waals surface area contributed by atoms with Gasteiger partial charge in [-0.05, 0) is 44.0 Å². The maximum atomic E-state index is 12.6. The van der Waals surface area contributed by atoms with Crippen molar-refractivity contribution in [3.05, 3.63) is 64.3 Å². The van der Waals surface area contributed by atoms with Crippen LogP contribution in [0, 0.1) is 20.8 Å². The number of phenols is 1. The van der Waals surface area contributed by atoms with E-state index in [9.17, 15) is 9.90 Å². The van der Waals surface area contributed by atoms with E-state index in [0.29, 0.717) is 12.1 Å². The van der Waals surface area contributed by atoms with Crippen LogP contribution in [0.1, 0.15) is 32.7 Å². The lowest BCUT2D eigenvalue weighted by atomic mass is 10.0. The largest absolute Gasteiger partial charge is 0.508 e.